The first-order valence-electron chi connectivity index (χ1n) is 10.5. The van der Waals surface area contributed by atoms with Gasteiger partial charge in [-0.15, -0.1) is 0 Å². The average Bonchev–Trinajstić information content (AvgIpc) is 3.43. The molecule has 0 aromatic heterocycles. The summed E-state index contributed by atoms with van der Waals surface area (Å²) in [7, 11) is 0. The summed E-state index contributed by atoms with van der Waals surface area (Å²) in [6, 6.07) is -0.581. The van der Waals surface area contributed by atoms with Crippen LogP contribution in [0.2, 0.25) is 0 Å². The van der Waals surface area contributed by atoms with Crippen molar-refractivity contribution >= 4 is 5.91 Å². The van der Waals surface area contributed by atoms with Gasteiger partial charge in [0.15, 0.2) is 0 Å². The maximum Gasteiger partial charge on any atom is 0.392 e. The second-order valence-corrected chi connectivity index (χ2v) is 8.49. The second-order valence-electron chi connectivity index (χ2n) is 8.49. The Bertz CT molecular complexity index is 575. The molecular formula is C18H30F3N5O3. The monoisotopic (exact) mass is 421 g/mol. The zero-order valence-electron chi connectivity index (χ0n) is 16.3. The van der Waals surface area contributed by atoms with E-state index in [1.54, 1.807) is 5.01 Å². The third kappa shape index (κ3) is 5.20. The number of carbonyl (C=O) groups excluding carboxylic acids is 1. The number of halogens is 3. The normalized spacial score (nSPS) is 39.1. The Hall–Kier alpha value is -0.980. The van der Waals surface area contributed by atoms with Gasteiger partial charge in [-0.05, 0) is 38.3 Å². The lowest BCUT2D eigenvalue weighted by molar-refractivity contribution is -0.196. The summed E-state index contributed by atoms with van der Waals surface area (Å²) < 4.78 is 45.5. The molecule has 4 fully saturated rings. The second kappa shape index (κ2) is 9.03. The van der Waals surface area contributed by atoms with Gasteiger partial charge in [-0.1, -0.05) is 0 Å². The Labute approximate surface area is 168 Å². The number of amides is 1. The third-order valence-corrected chi connectivity index (χ3v) is 6.36. The summed E-state index contributed by atoms with van der Waals surface area (Å²) in [6.07, 6.45) is -1.64. The highest BCUT2D eigenvalue weighted by Crippen LogP contribution is 2.36. The molecule has 4 aliphatic rings. The molecule has 11 heteroatoms. The highest BCUT2D eigenvalue weighted by atomic mass is 19.4. The van der Waals surface area contributed by atoms with Gasteiger partial charge < -0.3 is 15.4 Å². The number of hydrogen-bond donors (Lipinski definition) is 4. The smallest absolute Gasteiger partial charge is 0.375 e. The van der Waals surface area contributed by atoms with E-state index in [4.69, 9.17) is 9.57 Å². The Morgan fingerprint density at radius 1 is 1.21 bits per heavy atom. The number of carbonyl (C=O) groups is 1. The highest BCUT2D eigenvalue weighted by Gasteiger charge is 2.46. The van der Waals surface area contributed by atoms with Crippen LogP contribution in [0.4, 0.5) is 13.2 Å². The van der Waals surface area contributed by atoms with Crippen LogP contribution in [0.15, 0.2) is 0 Å². The minimum atomic E-state index is -4.17. The molecule has 6 unspecified atom stereocenters. The predicted molar refractivity (Wildman–Crippen MR) is 97.4 cm³/mol. The summed E-state index contributed by atoms with van der Waals surface area (Å²) in [4.78, 5) is 18.1. The number of alkyl halides is 3. The van der Waals surface area contributed by atoms with E-state index in [0.29, 0.717) is 39.1 Å². The molecule has 4 rings (SSSR count). The van der Waals surface area contributed by atoms with Gasteiger partial charge in [-0.25, -0.2) is 5.01 Å². The van der Waals surface area contributed by atoms with Crippen LogP contribution in [0, 0.1) is 11.8 Å². The van der Waals surface area contributed by atoms with Crippen LogP contribution < -0.4 is 21.5 Å². The number of hydroxylamine groups is 1. The molecule has 0 saturated carbocycles. The molecule has 0 radical (unpaired) electrons. The molecule has 4 heterocycles. The van der Waals surface area contributed by atoms with E-state index < -0.39 is 24.1 Å². The van der Waals surface area contributed by atoms with Crippen molar-refractivity contribution in [2.45, 2.75) is 56.2 Å². The van der Waals surface area contributed by atoms with Crippen LogP contribution in [0.3, 0.4) is 0 Å². The van der Waals surface area contributed by atoms with E-state index in [1.807, 2.05) is 0 Å². The van der Waals surface area contributed by atoms with Gasteiger partial charge >= 0.3 is 6.18 Å². The quantitative estimate of drug-likeness (QED) is 0.494. The maximum absolute atomic E-state index is 13.3. The standard InChI is InChI=1S/C18H30F3N5O3/c19-18(20,21)13-3-4-22-7-11(13)9-26-10-12(8-23-26)24-17(27)14-6-16(29-25-14)15-2-1-5-28-15/h11-16,22-23,25H,1-10H2,(H,24,27). The van der Waals surface area contributed by atoms with Gasteiger partial charge in [0.1, 0.15) is 12.1 Å². The van der Waals surface area contributed by atoms with Crippen LogP contribution in [0.1, 0.15) is 25.7 Å². The molecule has 4 aliphatic heterocycles. The number of nitrogens with zero attached hydrogens (tertiary/aromatic N) is 1. The SMILES string of the molecule is O=C(NC1CNN(CC2CNCCC2C(F)(F)F)C1)C1CC(C2CCCO2)ON1. The van der Waals surface area contributed by atoms with E-state index in [9.17, 15) is 18.0 Å². The molecule has 0 aliphatic carbocycles. The Morgan fingerprint density at radius 2 is 2.07 bits per heavy atom. The van der Waals surface area contributed by atoms with Crippen molar-refractivity contribution in [3.63, 3.8) is 0 Å². The van der Waals surface area contributed by atoms with Crippen molar-refractivity contribution in [3.8, 4) is 0 Å². The minimum Gasteiger partial charge on any atom is -0.375 e. The number of hydrazine groups is 1. The van der Waals surface area contributed by atoms with Crippen molar-refractivity contribution in [2.75, 3.05) is 39.3 Å². The van der Waals surface area contributed by atoms with Gasteiger partial charge in [0.25, 0.3) is 0 Å². The largest absolute Gasteiger partial charge is 0.392 e. The van der Waals surface area contributed by atoms with E-state index >= 15 is 0 Å². The van der Waals surface area contributed by atoms with Gasteiger partial charge in [0.2, 0.25) is 5.91 Å². The zero-order valence-corrected chi connectivity index (χ0v) is 16.3. The van der Waals surface area contributed by atoms with Crippen molar-refractivity contribution in [3.05, 3.63) is 0 Å². The Morgan fingerprint density at radius 3 is 2.83 bits per heavy atom. The molecule has 166 valence electrons. The third-order valence-electron chi connectivity index (χ3n) is 6.36. The lowest BCUT2D eigenvalue weighted by Crippen LogP contribution is -2.50. The highest BCUT2D eigenvalue weighted by molar-refractivity contribution is 5.82. The fourth-order valence-corrected chi connectivity index (χ4v) is 4.78. The summed E-state index contributed by atoms with van der Waals surface area (Å²) >= 11 is 0. The fourth-order valence-electron chi connectivity index (χ4n) is 4.78. The summed E-state index contributed by atoms with van der Waals surface area (Å²) in [5, 5.41) is 7.84. The van der Waals surface area contributed by atoms with Crippen LogP contribution in [0.5, 0.6) is 0 Å². The topological polar surface area (TPSA) is 86.9 Å². The lowest BCUT2D eigenvalue weighted by Gasteiger charge is -2.35. The number of piperidine rings is 1. The maximum atomic E-state index is 13.3. The molecule has 6 atom stereocenters. The predicted octanol–water partition coefficient (Wildman–Crippen LogP) is -0.0795. The van der Waals surface area contributed by atoms with E-state index in [2.05, 4.69) is 21.5 Å². The van der Waals surface area contributed by atoms with E-state index in [1.165, 1.54) is 0 Å². The van der Waals surface area contributed by atoms with Gasteiger partial charge in [-0.3, -0.25) is 15.1 Å². The van der Waals surface area contributed by atoms with Crippen molar-refractivity contribution in [1.29, 1.82) is 0 Å². The first kappa shape index (κ1) is 21.3. The number of nitrogens with one attached hydrogen (secondary N) is 4. The van der Waals surface area contributed by atoms with Crippen LogP contribution in [-0.4, -0.2) is 80.7 Å². The molecule has 8 nitrogen and oxygen atoms in total. The molecule has 4 saturated heterocycles. The summed E-state index contributed by atoms with van der Waals surface area (Å²) in [5.74, 6) is -1.93. The fraction of sp³-hybridized carbons (Fsp3) is 0.944. The Balaban J connectivity index is 1.22. The number of rotatable bonds is 5. The molecule has 0 aromatic carbocycles. The van der Waals surface area contributed by atoms with Crippen molar-refractivity contribution in [2.24, 2.45) is 11.8 Å². The lowest BCUT2D eigenvalue weighted by atomic mass is 9.85. The number of ether oxygens (including phenoxy) is 1. The van der Waals surface area contributed by atoms with Crippen LogP contribution in [-0.2, 0) is 14.4 Å². The molecule has 0 bridgehead atoms. The van der Waals surface area contributed by atoms with Crippen LogP contribution >= 0.6 is 0 Å². The van der Waals surface area contributed by atoms with Gasteiger partial charge in [0.05, 0.1) is 18.1 Å². The van der Waals surface area contributed by atoms with Crippen molar-refractivity contribution in [1.82, 2.24) is 26.5 Å². The van der Waals surface area contributed by atoms with Crippen LogP contribution in [0.25, 0.3) is 0 Å². The van der Waals surface area contributed by atoms with Gasteiger partial charge in [0, 0.05) is 32.7 Å². The van der Waals surface area contributed by atoms with E-state index in [0.717, 1.165) is 19.4 Å². The first-order chi connectivity index (χ1) is 13.9. The molecule has 0 spiro atoms. The molecule has 4 N–H and O–H groups in total. The first-order valence-corrected chi connectivity index (χ1v) is 10.5. The van der Waals surface area contributed by atoms with Gasteiger partial charge in [-0.2, -0.15) is 18.7 Å². The van der Waals surface area contributed by atoms with Crippen molar-refractivity contribution < 1.29 is 27.5 Å². The molecule has 1 amide bonds. The zero-order chi connectivity index (χ0) is 20.4. The average molecular weight is 421 g/mol. The molecule has 29 heavy (non-hydrogen) atoms. The molecular weight excluding hydrogens is 391 g/mol. The molecule has 0 aromatic rings. The summed E-state index contributed by atoms with van der Waals surface area (Å²) in [6.45, 7) is 2.77. The van der Waals surface area contributed by atoms with E-state index in [-0.39, 0.29) is 30.6 Å². The summed E-state index contributed by atoms with van der Waals surface area (Å²) in [5.41, 5.74) is 5.92. The Kier molecular flexibility index (Phi) is 6.62. The minimum absolute atomic E-state index is 0.0367. The number of hydrogen-bond acceptors (Lipinski definition) is 7.